The highest BCUT2D eigenvalue weighted by Crippen LogP contribution is 2.67. The number of aromatic nitrogens is 4. The van der Waals surface area contributed by atoms with Crippen LogP contribution < -0.4 is 10.6 Å². The summed E-state index contributed by atoms with van der Waals surface area (Å²) in [6, 6.07) is 14.9. The number of rotatable bonds is 9. The summed E-state index contributed by atoms with van der Waals surface area (Å²) in [5.41, 5.74) is 0.643. The zero-order chi connectivity index (χ0) is 37.4. The van der Waals surface area contributed by atoms with Crippen molar-refractivity contribution in [2.45, 2.75) is 74.8 Å². The third-order valence-electron chi connectivity index (χ3n) is 14.1. The van der Waals surface area contributed by atoms with Gasteiger partial charge in [0.15, 0.2) is 11.3 Å². The number of fused-ring (bicyclic) bond motifs is 4. The van der Waals surface area contributed by atoms with Crippen molar-refractivity contribution in [1.82, 2.24) is 40.4 Å². The number of amides is 2. The largest absolute Gasteiger partial charge is 0.453 e. The molecule has 4 aromatic rings. The summed E-state index contributed by atoms with van der Waals surface area (Å²) in [6.07, 6.45) is 6.00. The number of H-pyrrole nitrogens is 2. The van der Waals surface area contributed by atoms with Gasteiger partial charge in [-0.25, -0.2) is 19.6 Å². The molecule has 12 rings (SSSR count). The summed E-state index contributed by atoms with van der Waals surface area (Å²) in [6.45, 7) is 5.54. The van der Waals surface area contributed by atoms with Crippen molar-refractivity contribution in [3.63, 3.8) is 0 Å². The monoisotopic (exact) mass is 766 g/mol. The highest BCUT2D eigenvalue weighted by atomic mass is 35.5. The zero-order valence-corrected chi connectivity index (χ0v) is 31.8. The Morgan fingerprint density at radius 1 is 0.673 bits per heavy atom. The maximum Gasteiger partial charge on any atom is 0.408 e. The van der Waals surface area contributed by atoms with Crippen molar-refractivity contribution in [1.29, 1.82) is 0 Å². The van der Waals surface area contributed by atoms with Gasteiger partial charge in [-0.05, 0) is 36.8 Å². The second-order valence-corrected chi connectivity index (χ2v) is 16.0. The van der Waals surface area contributed by atoms with Crippen LogP contribution in [-0.4, -0.2) is 104 Å². The van der Waals surface area contributed by atoms with Crippen molar-refractivity contribution in [2.75, 3.05) is 27.3 Å². The van der Waals surface area contributed by atoms with Crippen LogP contribution in [0.3, 0.4) is 0 Å². The fraction of sp³-hybridized carbons (Fsp3) is 0.450. The minimum atomic E-state index is -1.32. The Balaban J connectivity index is 0.00000397. The lowest BCUT2D eigenvalue weighted by Gasteiger charge is -2.69. The summed E-state index contributed by atoms with van der Waals surface area (Å²) in [5, 5.41) is 6.05. The molecular formula is C40H43ClN8O6. The summed E-state index contributed by atoms with van der Waals surface area (Å²) >= 11 is 0. The number of nitrogens with zero attached hydrogens (tertiary/aromatic N) is 4. The average molecular weight is 767 g/mol. The standard InChI is InChI=1S/C40H42N8O6.ClH/c1-37(29-25-19-41-33(29)43-25)27-7-5-17-47(27)39(37,45-35(51)53-3)31(49)23-13-9-21(10-14-23)22-11-15-24(16-12-22)32(50)40(46-36(52)54-4)38(2,28-8-6-18-48(28)40)30-26-20-42-34(30)44-26;/h9-16,19-20,27-30H,5-8,17-18H2,1-4H3,(H,41,43)(H,42,44)(H,45,51)(H,46,52);1H/t27?,28?,29?,30?,37?,38?,39-,40-;/m1./s1. The third kappa shape index (κ3) is 4.17. The summed E-state index contributed by atoms with van der Waals surface area (Å²) < 4.78 is 10.2. The predicted octanol–water partition coefficient (Wildman–Crippen LogP) is 4.95. The molecule has 4 saturated heterocycles. The minimum absolute atomic E-state index is 0. The predicted molar refractivity (Wildman–Crippen MR) is 201 cm³/mol. The Kier molecular flexibility index (Phi) is 7.76. The molecule has 6 unspecified atom stereocenters. The highest BCUT2D eigenvalue weighted by molar-refractivity contribution is 6.08. The molecule has 55 heavy (non-hydrogen) atoms. The molecule has 8 atom stereocenters. The fourth-order valence-corrected chi connectivity index (χ4v) is 11.7. The number of benzene rings is 2. The Morgan fingerprint density at radius 3 is 1.36 bits per heavy atom. The van der Waals surface area contributed by atoms with E-state index in [1.165, 1.54) is 14.2 Å². The number of methoxy groups -OCH3 is 2. The van der Waals surface area contributed by atoms with E-state index in [0.717, 1.165) is 59.8 Å². The summed E-state index contributed by atoms with van der Waals surface area (Å²) in [5.74, 6) is 1.07. The van der Waals surface area contributed by atoms with Crippen LogP contribution in [-0.2, 0) is 9.47 Å². The van der Waals surface area contributed by atoms with E-state index in [9.17, 15) is 19.2 Å². The van der Waals surface area contributed by atoms with Gasteiger partial charge in [0, 0.05) is 70.9 Å². The van der Waals surface area contributed by atoms with E-state index in [-0.39, 0.29) is 47.9 Å². The molecule has 0 spiro atoms. The lowest BCUT2D eigenvalue weighted by atomic mass is 9.51. The van der Waals surface area contributed by atoms with Gasteiger partial charge >= 0.3 is 12.2 Å². The van der Waals surface area contributed by atoms with Gasteiger partial charge in [-0.2, -0.15) is 0 Å². The van der Waals surface area contributed by atoms with Crippen molar-refractivity contribution >= 4 is 36.2 Å². The van der Waals surface area contributed by atoms with Crippen molar-refractivity contribution in [3.05, 3.63) is 95.1 Å². The number of nitrogens with one attached hydrogen (secondary N) is 4. The first-order valence-electron chi connectivity index (χ1n) is 18.7. The van der Waals surface area contributed by atoms with E-state index >= 15 is 0 Å². The number of ether oxygens (including phenoxy) is 2. The molecule has 2 amide bonds. The number of imidazole rings is 2. The van der Waals surface area contributed by atoms with Gasteiger partial charge < -0.3 is 19.4 Å². The van der Waals surface area contributed by atoms with Crippen molar-refractivity contribution < 1.29 is 28.7 Å². The number of carbonyl (C=O) groups excluding carboxylic acids is 4. The van der Waals surface area contributed by atoms with Crippen LogP contribution in [0.25, 0.3) is 11.1 Å². The Morgan fingerprint density at radius 2 is 1.05 bits per heavy atom. The SMILES string of the molecule is COC(=O)N[C@]1(C(=O)c2ccc(-c3ccc(C(=O)[C@@]4(NC(=O)OC)N5CCCC5C4(C)C4c5cnc4[nH]5)cc3)cc2)N2CCCC2C1(C)C1c2cnc1[nH]2.Cl. The minimum Gasteiger partial charge on any atom is -0.453 e. The molecule has 14 nitrogen and oxygen atoms in total. The molecule has 2 aromatic heterocycles. The average Bonchev–Trinajstić information content (AvgIpc) is 4.04. The topological polar surface area (TPSA) is 175 Å². The molecule has 10 heterocycles. The number of halogens is 1. The number of hydrogen-bond acceptors (Lipinski definition) is 10. The van der Waals surface area contributed by atoms with Gasteiger partial charge in [-0.15, -0.1) is 12.4 Å². The van der Waals surface area contributed by atoms with E-state index in [4.69, 9.17) is 9.47 Å². The lowest BCUT2D eigenvalue weighted by molar-refractivity contribution is -0.179. The fourth-order valence-electron chi connectivity index (χ4n) is 11.7. The van der Waals surface area contributed by atoms with E-state index in [0.29, 0.717) is 24.2 Å². The van der Waals surface area contributed by atoms with Crippen molar-refractivity contribution in [3.8, 4) is 11.1 Å². The molecule has 4 bridgehead atoms. The van der Waals surface area contributed by atoms with E-state index in [1.54, 1.807) is 24.3 Å². The molecule has 286 valence electrons. The number of carbonyl (C=O) groups is 4. The maximum atomic E-state index is 14.8. The number of alkyl carbamates (subject to hydrolysis) is 2. The Hall–Kier alpha value is -5.05. The number of ketones is 2. The molecule has 2 aromatic carbocycles. The quantitative estimate of drug-likeness (QED) is 0.171. The van der Waals surface area contributed by atoms with Crippen molar-refractivity contribution in [2.24, 2.45) is 10.8 Å². The third-order valence-corrected chi connectivity index (χ3v) is 14.1. The van der Waals surface area contributed by atoms with Crippen LogP contribution in [0.4, 0.5) is 9.59 Å². The smallest absolute Gasteiger partial charge is 0.408 e. The normalized spacial score (nSPS) is 33.3. The van der Waals surface area contributed by atoms with Crippen LogP contribution in [0.15, 0.2) is 60.9 Å². The zero-order valence-electron chi connectivity index (χ0n) is 31.0. The van der Waals surface area contributed by atoms with Crippen LogP contribution in [0.5, 0.6) is 0 Å². The maximum absolute atomic E-state index is 14.8. The van der Waals surface area contributed by atoms with Crippen LogP contribution in [0, 0.1) is 10.8 Å². The molecule has 8 aliphatic heterocycles. The molecule has 0 radical (unpaired) electrons. The summed E-state index contributed by atoms with van der Waals surface area (Å²) in [7, 11) is 2.62. The first-order valence-corrected chi connectivity index (χ1v) is 18.7. The Labute approximate surface area is 323 Å². The van der Waals surface area contributed by atoms with Gasteiger partial charge in [0.1, 0.15) is 11.6 Å². The Bertz CT molecular complexity index is 2050. The second-order valence-electron chi connectivity index (χ2n) is 16.0. The molecule has 8 aliphatic rings. The van der Waals surface area contributed by atoms with E-state index < -0.39 is 34.3 Å². The van der Waals surface area contributed by atoms with Gasteiger partial charge in [0.25, 0.3) is 0 Å². The molecular weight excluding hydrogens is 724 g/mol. The van der Waals surface area contributed by atoms with Crippen LogP contribution >= 0.6 is 12.4 Å². The molecule has 0 saturated carbocycles. The molecule has 15 heteroatoms. The van der Waals surface area contributed by atoms with Gasteiger partial charge in [0.2, 0.25) is 11.6 Å². The summed E-state index contributed by atoms with van der Waals surface area (Å²) in [4.78, 5) is 75.3. The molecule has 0 aliphatic carbocycles. The number of Topliss-reactive ketones (excluding diaryl/α,β-unsaturated/α-hetero) is 2. The first-order chi connectivity index (χ1) is 26.0. The van der Waals surface area contributed by atoms with Gasteiger partial charge in [-0.3, -0.25) is 30.0 Å². The second kappa shape index (κ2) is 12.0. The van der Waals surface area contributed by atoms with Crippen LogP contribution in [0.2, 0.25) is 0 Å². The number of aromatic amines is 2. The first kappa shape index (κ1) is 35.6. The van der Waals surface area contributed by atoms with Crippen LogP contribution in [0.1, 0.15) is 95.1 Å². The van der Waals surface area contributed by atoms with Gasteiger partial charge in [-0.1, -0.05) is 62.4 Å². The van der Waals surface area contributed by atoms with E-state index in [2.05, 4.69) is 54.2 Å². The lowest BCUT2D eigenvalue weighted by Crippen LogP contribution is -2.87. The van der Waals surface area contributed by atoms with Gasteiger partial charge in [0.05, 0.1) is 26.1 Å². The highest BCUT2D eigenvalue weighted by Gasteiger charge is 2.79. The number of hydrogen-bond donors (Lipinski definition) is 4. The van der Waals surface area contributed by atoms with E-state index in [1.807, 2.05) is 36.7 Å². The molecule has 4 N–H and O–H groups in total. The molecule has 4 fully saturated rings.